The van der Waals surface area contributed by atoms with E-state index < -0.39 is 0 Å². The van der Waals surface area contributed by atoms with Gasteiger partial charge >= 0.3 is 5.97 Å². The lowest BCUT2D eigenvalue weighted by atomic mass is 10.1. The second-order valence-electron chi connectivity index (χ2n) is 4.22. The number of esters is 1. The maximum atomic E-state index is 11.7. The fourth-order valence-electron chi connectivity index (χ4n) is 2.04. The summed E-state index contributed by atoms with van der Waals surface area (Å²) in [5.41, 5.74) is 2.52. The van der Waals surface area contributed by atoms with E-state index >= 15 is 0 Å². The van der Waals surface area contributed by atoms with Gasteiger partial charge in [0.05, 0.1) is 5.56 Å². The van der Waals surface area contributed by atoms with Gasteiger partial charge in [-0.3, -0.25) is 0 Å². The number of carbonyl (C=O) groups is 1. The molecule has 0 spiro atoms. The van der Waals surface area contributed by atoms with E-state index in [1.165, 1.54) is 4.90 Å². The Balaban J connectivity index is 1.98. The lowest BCUT2D eigenvalue weighted by Gasteiger charge is -2.00. The second-order valence-corrected chi connectivity index (χ2v) is 5.10. The van der Waals surface area contributed by atoms with Crippen LogP contribution in [0.2, 0.25) is 0 Å². The molecule has 2 nitrogen and oxygen atoms in total. The average molecular weight is 268 g/mol. The molecule has 94 valence electrons. The van der Waals surface area contributed by atoms with Gasteiger partial charge in [0, 0.05) is 10.5 Å². The van der Waals surface area contributed by atoms with Gasteiger partial charge in [-0.1, -0.05) is 30.3 Å². The van der Waals surface area contributed by atoms with Gasteiger partial charge in [0.1, 0.15) is 5.76 Å². The summed E-state index contributed by atoms with van der Waals surface area (Å²) in [5.74, 6) is 0.347. The molecule has 1 heterocycles. The molecule has 3 heteroatoms. The minimum Gasteiger partial charge on any atom is -0.422 e. The molecule has 19 heavy (non-hydrogen) atoms. The Hall–Kier alpha value is -2.00. The lowest BCUT2D eigenvalue weighted by molar-refractivity contribution is 0.0717. The van der Waals surface area contributed by atoms with Crippen LogP contribution in [0.25, 0.3) is 11.8 Å². The lowest BCUT2D eigenvalue weighted by Crippen LogP contribution is -1.92. The molecule has 0 fully saturated rings. The molecule has 0 amide bonds. The first-order chi connectivity index (χ1) is 9.28. The van der Waals surface area contributed by atoms with E-state index in [1.807, 2.05) is 42.7 Å². The van der Waals surface area contributed by atoms with Gasteiger partial charge in [-0.2, -0.15) is 0 Å². The number of benzene rings is 2. The van der Waals surface area contributed by atoms with Gasteiger partial charge in [0.2, 0.25) is 0 Å². The molecule has 0 saturated heterocycles. The molecule has 1 aliphatic rings. The van der Waals surface area contributed by atoms with Crippen molar-refractivity contribution in [3.05, 3.63) is 65.2 Å². The normalized spacial score (nSPS) is 15.4. The van der Waals surface area contributed by atoms with Crippen LogP contribution in [-0.4, -0.2) is 12.2 Å². The topological polar surface area (TPSA) is 26.3 Å². The van der Waals surface area contributed by atoms with Gasteiger partial charge in [-0.05, 0) is 36.1 Å². The van der Waals surface area contributed by atoms with E-state index in [9.17, 15) is 4.79 Å². The summed E-state index contributed by atoms with van der Waals surface area (Å²) in [4.78, 5) is 12.9. The number of rotatable bonds is 2. The number of ether oxygens (including phenoxy) is 1. The number of thioether (sulfide) groups is 1. The maximum absolute atomic E-state index is 11.7. The van der Waals surface area contributed by atoms with Crippen LogP contribution in [-0.2, 0) is 4.74 Å². The van der Waals surface area contributed by atoms with Crippen molar-refractivity contribution in [1.82, 2.24) is 0 Å². The molecule has 0 radical (unpaired) electrons. The minimum absolute atomic E-state index is 0.275. The van der Waals surface area contributed by atoms with Crippen molar-refractivity contribution < 1.29 is 9.53 Å². The van der Waals surface area contributed by atoms with E-state index in [0.29, 0.717) is 11.3 Å². The van der Waals surface area contributed by atoms with Crippen molar-refractivity contribution in [2.24, 2.45) is 0 Å². The smallest absolute Gasteiger partial charge is 0.344 e. The first kappa shape index (κ1) is 12.1. The summed E-state index contributed by atoms with van der Waals surface area (Å²) in [5, 5.41) is 0. The van der Waals surface area contributed by atoms with Gasteiger partial charge in [-0.15, -0.1) is 11.8 Å². The van der Waals surface area contributed by atoms with Crippen LogP contribution in [0.3, 0.4) is 0 Å². The highest BCUT2D eigenvalue weighted by Crippen LogP contribution is 2.31. The summed E-state index contributed by atoms with van der Waals surface area (Å²) >= 11 is 1.70. The van der Waals surface area contributed by atoms with E-state index in [1.54, 1.807) is 17.8 Å². The van der Waals surface area contributed by atoms with Crippen LogP contribution >= 0.6 is 11.8 Å². The maximum Gasteiger partial charge on any atom is 0.344 e. The molecule has 2 aromatic carbocycles. The number of fused-ring (bicyclic) bond motifs is 1. The van der Waals surface area contributed by atoms with Crippen LogP contribution in [0.5, 0.6) is 0 Å². The largest absolute Gasteiger partial charge is 0.422 e. The van der Waals surface area contributed by atoms with Crippen molar-refractivity contribution in [2.75, 3.05) is 6.26 Å². The van der Waals surface area contributed by atoms with Gasteiger partial charge in [-0.25, -0.2) is 4.79 Å². The molecular weight excluding hydrogens is 256 g/mol. The third-order valence-electron chi connectivity index (χ3n) is 3.03. The summed E-state index contributed by atoms with van der Waals surface area (Å²) < 4.78 is 5.31. The number of cyclic esters (lactones) is 1. The molecule has 0 saturated carbocycles. The van der Waals surface area contributed by atoms with E-state index in [2.05, 4.69) is 12.1 Å². The zero-order chi connectivity index (χ0) is 13.2. The zero-order valence-corrected chi connectivity index (χ0v) is 11.2. The van der Waals surface area contributed by atoms with Crippen LogP contribution in [0.1, 0.15) is 21.5 Å². The van der Waals surface area contributed by atoms with Crippen LogP contribution in [0.4, 0.5) is 0 Å². The molecule has 0 aromatic heterocycles. The molecule has 0 bridgehead atoms. The third-order valence-corrected chi connectivity index (χ3v) is 3.77. The van der Waals surface area contributed by atoms with Crippen molar-refractivity contribution in [3.8, 4) is 0 Å². The van der Waals surface area contributed by atoms with Crippen LogP contribution in [0, 0.1) is 0 Å². The Bertz CT molecular complexity index is 657. The van der Waals surface area contributed by atoms with Gasteiger partial charge in [0.25, 0.3) is 0 Å². The number of hydrogen-bond acceptors (Lipinski definition) is 3. The third kappa shape index (κ3) is 2.29. The average Bonchev–Trinajstić information content (AvgIpc) is 2.77. The van der Waals surface area contributed by atoms with Crippen molar-refractivity contribution in [2.45, 2.75) is 4.90 Å². The number of carbonyl (C=O) groups excluding carboxylic acids is 1. The van der Waals surface area contributed by atoms with Gasteiger partial charge in [0.15, 0.2) is 0 Å². The fourth-order valence-corrected chi connectivity index (χ4v) is 2.45. The predicted molar refractivity (Wildman–Crippen MR) is 78.0 cm³/mol. The van der Waals surface area contributed by atoms with Crippen LogP contribution in [0.15, 0.2) is 53.4 Å². The molecule has 0 unspecified atom stereocenters. The Kier molecular flexibility index (Phi) is 3.13. The van der Waals surface area contributed by atoms with E-state index in [0.717, 1.165) is 11.1 Å². The second kappa shape index (κ2) is 4.94. The van der Waals surface area contributed by atoms with Crippen molar-refractivity contribution in [1.29, 1.82) is 0 Å². The summed E-state index contributed by atoms with van der Waals surface area (Å²) in [6.45, 7) is 0. The van der Waals surface area contributed by atoms with Crippen molar-refractivity contribution >= 4 is 29.6 Å². The Morgan fingerprint density at radius 1 is 1.00 bits per heavy atom. The highest BCUT2D eigenvalue weighted by molar-refractivity contribution is 7.98. The summed E-state index contributed by atoms with van der Waals surface area (Å²) in [7, 11) is 0. The predicted octanol–water partition coefficient (Wildman–Crippen LogP) is 4.08. The van der Waals surface area contributed by atoms with Gasteiger partial charge < -0.3 is 4.74 Å². The molecule has 1 aliphatic heterocycles. The molecule has 0 atom stereocenters. The Labute approximate surface area is 116 Å². The SMILES string of the molecule is CSc1ccc(/C=C2\OC(=O)c3ccccc32)cc1. The molecule has 2 aromatic rings. The molecule has 0 N–H and O–H groups in total. The minimum atomic E-state index is -0.275. The Morgan fingerprint density at radius 3 is 2.37 bits per heavy atom. The standard InChI is InChI=1S/C16H12O2S/c1-19-12-8-6-11(7-9-12)10-15-13-4-2-3-5-14(13)16(17)18-15/h2-10H,1H3/b15-10-. The monoisotopic (exact) mass is 268 g/mol. The highest BCUT2D eigenvalue weighted by Gasteiger charge is 2.25. The highest BCUT2D eigenvalue weighted by atomic mass is 32.2. The zero-order valence-electron chi connectivity index (χ0n) is 10.4. The molecular formula is C16H12O2S. The van der Waals surface area contributed by atoms with E-state index in [4.69, 9.17) is 4.74 Å². The summed E-state index contributed by atoms with van der Waals surface area (Å²) in [6, 6.07) is 15.6. The Morgan fingerprint density at radius 2 is 1.68 bits per heavy atom. The summed E-state index contributed by atoms with van der Waals surface area (Å²) in [6.07, 6.45) is 3.94. The first-order valence-electron chi connectivity index (χ1n) is 5.95. The quantitative estimate of drug-likeness (QED) is 0.606. The molecule has 0 aliphatic carbocycles. The molecule has 3 rings (SSSR count). The van der Waals surface area contributed by atoms with Crippen LogP contribution < -0.4 is 0 Å². The first-order valence-corrected chi connectivity index (χ1v) is 7.18. The van der Waals surface area contributed by atoms with Crippen molar-refractivity contribution in [3.63, 3.8) is 0 Å². The fraction of sp³-hybridized carbons (Fsp3) is 0.0625. The number of hydrogen-bond donors (Lipinski definition) is 0. The van der Waals surface area contributed by atoms with E-state index in [-0.39, 0.29) is 5.97 Å².